The van der Waals surface area contributed by atoms with Crippen molar-refractivity contribution in [3.8, 4) is 11.5 Å². The summed E-state index contributed by atoms with van der Waals surface area (Å²) in [5.41, 5.74) is 0.0324. The Labute approximate surface area is 137 Å². The Bertz CT molecular complexity index is 567. The fourth-order valence-electron chi connectivity index (χ4n) is 1.69. The molecule has 0 radical (unpaired) electrons. The fourth-order valence-corrected chi connectivity index (χ4v) is 1.69. The SMILES string of the molecule is COCCNC(=O)[C@H](C)OC(=O)c1ccc(OC(F)F)c(OC)c1. The molecule has 134 valence electrons. The van der Waals surface area contributed by atoms with Crippen LogP contribution in [-0.2, 0) is 14.3 Å². The van der Waals surface area contributed by atoms with Crippen molar-refractivity contribution in [1.29, 1.82) is 0 Å². The molecule has 0 aromatic heterocycles. The number of nitrogens with one attached hydrogen (secondary N) is 1. The zero-order chi connectivity index (χ0) is 18.1. The van der Waals surface area contributed by atoms with E-state index in [0.29, 0.717) is 6.61 Å². The van der Waals surface area contributed by atoms with Crippen LogP contribution in [-0.4, -0.2) is 52.0 Å². The van der Waals surface area contributed by atoms with Gasteiger partial charge in [-0.1, -0.05) is 0 Å². The largest absolute Gasteiger partial charge is 0.493 e. The molecular formula is C15H19F2NO6. The number of benzene rings is 1. The third kappa shape index (κ3) is 5.99. The zero-order valence-corrected chi connectivity index (χ0v) is 13.5. The number of amides is 1. The Kier molecular flexibility index (Phi) is 7.90. The van der Waals surface area contributed by atoms with Crippen molar-refractivity contribution in [3.05, 3.63) is 23.8 Å². The average molecular weight is 347 g/mol. The monoisotopic (exact) mass is 347 g/mol. The van der Waals surface area contributed by atoms with Crippen molar-refractivity contribution < 1.29 is 37.3 Å². The Balaban J connectivity index is 2.72. The third-order valence-electron chi connectivity index (χ3n) is 2.87. The van der Waals surface area contributed by atoms with Gasteiger partial charge in [-0.25, -0.2) is 4.79 Å². The summed E-state index contributed by atoms with van der Waals surface area (Å²) in [6.07, 6.45) is -1.03. The maximum absolute atomic E-state index is 12.3. The minimum atomic E-state index is -3.02. The number of ether oxygens (including phenoxy) is 4. The van der Waals surface area contributed by atoms with E-state index in [-0.39, 0.29) is 23.6 Å². The van der Waals surface area contributed by atoms with Gasteiger partial charge in [-0.3, -0.25) is 4.79 Å². The summed E-state index contributed by atoms with van der Waals surface area (Å²) in [5, 5.41) is 2.52. The minimum absolute atomic E-state index is 0.0324. The lowest BCUT2D eigenvalue weighted by atomic mass is 10.2. The molecular weight excluding hydrogens is 328 g/mol. The maximum Gasteiger partial charge on any atom is 0.387 e. The van der Waals surface area contributed by atoms with Gasteiger partial charge in [0, 0.05) is 13.7 Å². The first-order chi connectivity index (χ1) is 11.4. The van der Waals surface area contributed by atoms with E-state index in [1.807, 2.05) is 0 Å². The molecule has 7 nitrogen and oxygen atoms in total. The first kappa shape index (κ1) is 19.6. The molecule has 0 fully saturated rings. The molecule has 0 unspecified atom stereocenters. The second-order valence-corrected chi connectivity index (χ2v) is 4.58. The molecule has 1 N–H and O–H groups in total. The van der Waals surface area contributed by atoms with E-state index in [9.17, 15) is 18.4 Å². The Morgan fingerprint density at radius 3 is 2.50 bits per heavy atom. The molecule has 1 amide bonds. The molecule has 1 aromatic rings. The lowest BCUT2D eigenvalue weighted by Gasteiger charge is -2.14. The topological polar surface area (TPSA) is 83.1 Å². The van der Waals surface area contributed by atoms with Gasteiger partial charge in [-0.15, -0.1) is 0 Å². The van der Waals surface area contributed by atoms with Gasteiger partial charge in [0.2, 0.25) is 0 Å². The molecule has 1 rings (SSSR count). The molecule has 0 saturated carbocycles. The maximum atomic E-state index is 12.3. The number of rotatable bonds is 9. The molecule has 1 aromatic carbocycles. The first-order valence-corrected chi connectivity index (χ1v) is 6.99. The van der Waals surface area contributed by atoms with E-state index in [1.54, 1.807) is 0 Å². The van der Waals surface area contributed by atoms with Crippen LogP contribution in [0, 0.1) is 0 Å². The van der Waals surface area contributed by atoms with Crippen molar-refractivity contribution >= 4 is 11.9 Å². The molecule has 0 aliphatic carbocycles. The van der Waals surface area contributed by atoms with Crippen molar-refractivity contribution in [2.24, 2.45) is 0 Å². The van der Waals surface area contributed by atoms with Crippen LogP contribution in [0.15, 0.2) is 18.2 Å². The Hall–Kier alpha value is -2.42. The van der Waals surface area contributed by atoms with Crippen molar-refractivity contribution in [2.75, 3.05) is 27.4 Å². The molecule has 0 aliphatic rings. The molecule has 0 heterocycles. The number of carbonyl (C=O) groups is 2. The third-order valence-corrected chi connectivity index (χ3v) is 2.87. The fraction of sp³-hybridized carbons (Fsp3) is 0.467. The van der Waals surface area contributed by atoms with Crippen molar-refractivity contribution in [2.45, 2.75) is 19.6 Å². The van der Waals surface area contributed by atoms with Crippen LogP contribution in [0.1, 0.15) is 17.3 Å². The summed E-state index contributed by atoms with van der Waals surface area (Å²) in [6.45, 7) is -1.00. The smallest absolute Gasteiger partial charge is 0.387 e. The summed E-state index contributed by atoms with van der Waals surface area (Å²) in [4.78, 5) is 23.7. The summed E-state index contributed by atoms with van der Waals surface area (Å²) in [5.74, 6) is -1.55. The van der Waals surface area contributed by atoms with E-state index < -0.39 is 24.6 Å². The van der Waals surface area contributed by atoms with Gasteiger partial charge in [0.15, 0.2) is 17.6 Å². The van der Waals surface area contributed by atoms with Gasteiger partial charge in [-0.2, -0.15) is 8.78 Å². The van der Waals surface area contributed by atoms with Crippen LogP contribution < -0.4 is 14.8 Å². The zero-order valence-electron chi connectivity index (χ0n) is 13.5. The van der Waals surface area contributed by atoms with E-state index in [0.717, 1.165) is 6.07 Å². The standard InChI is InChI=1S/C15H19F2NO6/c1-9(13(19)18-6-7-21-2)23-14(20)10-4-5-11(24-15(16)17)12(8-10)22-3/h4-5,8-9,15H,6-7H2,1-3H3,(H,18,19)/t9-/m0/s1. The summed E-state index contributed by atoms with van der Waals surface area (Å²) in [7, 11) is 2.74. The first-order valence-electron chi connectivity index (χ1n) is 6.99. The van der Waals surface area contributed by atoms with E-state index >= 15 is 0 Å². The van der Waals surface area contributed by atoms with Gasteiger partial charge >= 0.3 is 12.6 Å². The summed E-state index contributed by atoms with van der Waals surface area (Å²) >= 11 is 0. The van der Waals surface area contributed by atoms with E-state index in [4.69, 9.17) is 14.2 Å². The molecule has 0 spiro atoms. The quantitative estimate of drug-likeness (QED) is 0.540. The lowest BCUT2D eigenvalue weighted by molar-refractivity contribution is -0.129. The normalized spacial score (nSPS) is 11.8. The van der Waals surface area contributed by atoms with Crippen molar-refractivity contribution in [3.63, 3.8) is 0 Å². The Morgan fingerprint density at radius 1 is 1.21 bits per heavy atom. The van der Waals surface area contributed by atoms with Crippen LogP contribution in [0.3, 0.4) is 0 Å². The Morgan fingerprint density at radius 2 is 1.92 bits per heavy atom. The summed E-state index contributed by atoms with van der Waals surface area (Å²) in [6, 6.07) is 3.58. The minimum Gasteiger partial charge on any atom is -0.493 e. The molecule has 0 bridgehead atoms. The van der Waals surface area contributed by atoms with Gasteiger partial charge < -0.3 is 24.3 Å². The second-order valence-electron chi connectivity index (χ2n) is 4.58. The summed E-state index contributed by atoms with van der Waals surface area (Å²) < 4.78 is 43.5. The van der Waals surface area contributed by atoms with Gasteiger partial charge in [0.1, 0.15) is 0 Å². The van der Waals surface area contributed by atoms with Crippen LogP contribution in [0.5, 0.6) is 11.5 Å². The van der Waals surface area contributed by atoms with Crippen LogP contribution in [0.4, 0.5) is 8.78 Å². The molecule has 0 aliphatic heterocycles. The van der Waals surface area contributed by atoms with Gasteiger partial charge in [0.25, 0.3) is 5.91 Å². The number of hydrogen-bond acceptors (Lipinski definition) is 6. The lowest BCUT2D eigenvalue weighted by Crippen LogP contribution is -2.37. The number of alkyl halides is 2. The molecule has 1 atom stereocenters. The second kappa shape index (κ2) is 9.66. The van der Waals surface area contributed by atoms with Crippen LogP contribution in [0.25, 0.3) is 0 Å². The van der Waals surface area contributed by atoms with E-state index in [1.165, 1.54) is 33.3 Å². The number of carbonyl (C=O) groups excluding carboxylic acids is 2. The van der Waals surface area contributed by atoms with Gasteiger partial charge in [-0.05, 0) is 25.1 Å². The van der Waals surface area contributed by atoms with Crippen LogP contribution >= 0.6 is 0 Å². The van der Waals surface area contributed by atoms with Gasteiger partial charge in [0.05, 0.1) is 19.3 Å². The predicted octanol–water partition coefficient (Wildman–Crippen LogP) is 1.60. The molecule has 24 heavy (non-hydrogen) atoms. The highest BCUT2D eigenvalue weighted by Gasteiger charge is 2.20. The highest BCUT2D eigenvalue weighted by atomic mass is 19.3. The van der Waals surface area contributed by atoms with E-state index in [2.05, 4.69) is 10.1 Å². The molecule has 0 saturated heterocycles. The van der Waals surface area contributed by atoms with Crippen LogP contribution in [0.2, 0.25) is 0 Å². The highest BCUT2D eigenvalue weighted by molar-refractivity contribution is 5.92. The number of methoxy groups -OCH3 is 2. The number of esters is 1. The number of halogens is 2. The highest BCUT2D eigenvalue weighted by Crippen LogP contribution is 2.29. The van der Waals surface area contributed by atoms with Crippen molar-refractivity contribution in [1.82, 2.24) is 5.32 Å². The number of hydrogen-bond donors (Lipinski definition) is 1. The predicted molar refractivity (Wildman–Crippen MR) is 79.4 cm³/mol. The average Bonchev–Trinajstić information content (AvgIpc) is 2.54. The molecule has 9 heteroatoms.